The van der Waals surface area contributed by atoms with Crippen molar-refractivity contribution >= 4 is 0 Å². The van der Waals surface area contributed by atoms with Crippen molar-refractivity contribution in [3.8, 4) is 0 Å². The molecule has 7 heavy (non-hydrogen) atoms. The molecule has 0 unspecified atom stereocenters. The Balaban J connectivity index is 2.83. The van der Waals surface area contributed by atoms with Crippen molar-refractivity contribution in [3.05, 3.63) is 0 Å². The summed E-state index contributed by atoms with van der Waals surface area (Å²) in [6.45, 7) is 0.249. The van der Waals surface area contributed by atoms with Crippen LogP contribution in [0.2, 0.25) is 0 Å². The molecule has 3 nitrogen and oxygen atoms in total. The van der Waals surface area contributed by atoms with E-state index in [1.165, 1.54) is 0 Å². The highest BCUT2D eigenvalue weighted by Crippen LogP contribution is 1.83. The van der Waals surface area contributed by atoms with E-state index in [0.717, 1.165) is 0 Å². The van der Waals surface area contributed by atoms with Crippen LogP contribution in [0.5, 0.6) is 0 Å². The SMILES string of the molecule is NC[C@H](O)CCO. The van der Waals surface area contributed by atoms with E-state index in [0.29, 0.717) is 6.42 Å². The molecule has 0 aliphatic heterocycles. The number of aliphatic hydroxyl groups is 2. The van der Waals surface area contributed by atoms with Crippen molar-refractivity contribution in [2.24, 2.45) is 5.73 Å². The van der Waals surface area contributed by atoms with Crippen LogP contribution in [-0.2, 0) is 0 Å². The van der Waals surface area contributed by atoms with Crippen LogP contribution in [0.1, 0.15) is 6.42 Å². The quantitative estimate of drug-likeness (QED) is 0.417. The number of aliphatic hydroxyl groups excluding tert-OH is 2. The first kappa shape index (κ1) is 6.88. The first-order valence-corrected chi connectivity index (χ1v) is 2.30. The van der Waals surface area contributed by atoms with Gasteiger partial charge in [-0.05, 0) is 6.42 Å². The van der Waals surface area contributed by atoms with Crippen LogP contribution in [0, 0.1) is 0 Å². The van der Waals surface area contributed by atoms with Gasteiger partial charge in [-0.3, -0.25) is 0 Å². The summed E-state index contributed by atoms with van der Waals surface area (Å²) in [5, 5.41) is 16.7. The summed E-state index contributed by atoms with van der Waals surface area (Å²) in [6, 6.07) is 0. The zero-order valence-corrected chi connectivity index (χ0v) is 4.17. The van der Waals surface area contributed by atoms with Crippen LogP contribution in [0.4, 0.5) is 0 Å². The van der Waals surface area contributed by atoms with Gasteiger partial charge in [0.15, 0.2) is 0 Å². The van der Waals surface area contributed by atoms with Crippen molar-refractivity contribution in [2.45, 2.75) is 12.5 Å². The first-order chi connectivity index (χ1) is 3.31. The molecule has 4 N–H and O–H groups in total. The van der Waals surface area contributed by atoms with Gasteiger partial charge in [-0.15, -0.1) is 0 Å². The van der Waals surface area contributed by atoms with E-state index in [1.807, 2.05) is 0 Å². The van der Waals surface area contributed by atoms with E-state index in [9.17, 15) is 0 Å². The van der Waals surface area contributed by atoms with Crippen molar-refractivity contribution < 1.29 is 10.2 Å². The Morgan fingerprint density at radius 1 is 1.57 bits per heavy atom. The smallest absolute Gasteiger partial charge is 0.0684 e. The van der Waals surface area contributed by atoms with E-state index in [-0.39, 0.29) is 13.2 Å². The molecule has 0 saturated heterocycles. The Morgan fingerprint density at radius 3 is 2.29 bits per heavy atom. The molecule has 0 aromatic carbocycles. The maximum Gasteiger partial charge on any atom is 0.0684 e. The van der Waals surface area contributed by atoms with Gasteiger partial charge in [-0.25, -0.2) is 0 Å². The van der Waals surface area contributed by atoms with Crippen LogP contribution in [0.3, 0.4) is 0 Å². The second-order valence-electron chi connectivity index (χ2n) is 1.40. The van der Waals surface area contributed by atoms with Gasteiger partial charge in [0, 0.05) is 13.2 Å². The second-order valence-corrected chi connectivity index (χ2v) is 1.40. The predicted octanol–water partition coefficient (Wildman–Crippen LogP) is -1.31. The van der Waals surface area contributed by atoms with Crippen LogP contribution >= 0.6 is 0 Å². The standard InChI is InChI=1S/C4H11NO2/c5-3-4(7)1-2-6/h4,6-7H,1-3,5H2/t4-/m1/s1. The number of nitrogens with two attached hydrogens (primary N) is 1. The van der Waals surface area contributed by atoms with Gasteiger partial charge >= 0.3 is 0 Å². The zero-order chi connectivity index (χ0) is 5.70. The summed E-state index contributed by atoms with van der Waals surface area (Å²) >= 11 is 0. The molecule has 1 atom stereocenters. The maximum absolute atomic E-state index is 8.57. The molecule has 0 aromatic rings. The lowest BCUT2D eigenvalue weighted by Crippen LogP contribution is -2.20. The van der Waals surface area contributed by atoms with E-state index in [4.69, 9.17) is 15.9 Å². The highest BCUT2D eigenvalue weighted by Gasteiger charge is 1.95. The molecule has 0 aliphatic carbocycles. The minimum Gasteiger partial charge on any atom is -0.396 e. The van der Waals surface area contributed by atoms with Gasteiger partial charge in [0.1, 0.15) is 0 Å². The molecule has 0 spiro atoms. The van der Waals surface area contributed by atoms with Gasteiger partial charge in [0.05, 0.1) is 6.10 Å². The minimum atomic E-state index is -0.523. The highest BCUT2D eigenvalue weighted by atomic mass is 16.3. The lowest BCUT2D eigenvalue weighted by molar-refractivity contribution is 0.139. The van der Waals surface area contributed by atoms with Crippen LogP contribution < -0.4 is 5.73 Å². The Labute approximate surface area is 42.8 Å². The summed E-state index contributed by atoms with van der Waals surface area (Å²) in [4.78, 5) is 0. The van der Waals surface area contributed by atoms with Crippen molar-refractivity contribution in [3.63, 3.8) is 0 Å². The monoisotopic (exact) mass is 105 g/mol. The van der Waals surface area contributed by atoms with Gasteiger partial charge < -0.3 is 15.9 Å². The van der Waals surface area contributed by atoms with Crippen molar-refractivity contribution in [1.82, 2.24) is 0 Å². The predicted molar refractivity (Wildman–Crippen MR) is 26.8 cm³/mol. The summed E-state index contributed by atoms with van der Waals surface area (Å²) in [5.41, 5.74) is 5.00. The Hall–Kier alpha value is -0.120. The number of hydrogen-bond donors (Lipinski definition) is 3. The molecule has 0 saturated carbocycles. The van der Waals surface area contributed by atoms with Gasteiger partial charge in [-0.2, -0.15) is 0 Å². The summed E-state index contributed by atoms with van der Waals surface area (Å²) < 4.78 is 0. The summed E-state index contributed by atoms with van der Waals surface area (Å²) in [7, 11) is 0. The van der Waals surface area contributed by atoms with E-state index in [1.54, 1.807) is 0 Å². The normalized spacial score (nSPS) is 14.1. The molecule has 3 heteroatoms. The lowest BCUT2D eigenvalue weighted by Gasteiger charge is -2.01. The Morgan fingerprint density at radius 2 is 2.14 bits per heavy atom. The molecule has 0 aromatic heterocycles. The molecule has 0 radical (unpaired) electrons. The van der Waals surface area contributed by atoms with Crippen LogP contribution in [0.15, 0.2) is 0 Å². The second kappa shape index (κ2) is 4.05. The molecule has 0 fully saturated rings. The Kier molecular flexibility index (Phi) is 3.98. The topological polar surface area (TPSA) is 66.5 Å². The zero-order valence-electron chi connectivity index (χ0n) is 4.17. The number of rotatable bonds is 3. The first-order valence-electron chi connectivity index (χ1n) is 2.30. The van der Waals surface area contributed by atoms with Crippen molar-refractivity contribution in [1.29, 1.82) is 0 Å². The molecule has 0 aliphatic rings. The third-order valence-corrected chi connectivity index (χ3v) is 0.734. The Bertz CT molecular complexity index is 40.7. The third-order valence-electron chi connectivity index (χ3n) is 0.734. The fourth-order valence-corrected chi connectivity index (χ4v) is 0.267. The minimum absolute atomic E-state index is 0.0123. The van der Waals surface area contributed by atoms with E-state index < -0.39 is 6.10 Å². The fourth-order valence-electron chi connectivity index (χ4n) is 0.267. The molecular weight excluding hydrogens is 94.0 g/mol. The fraction of sp³-hybridized carbons (Fsp3) is 1.00. The third kappa shape index (κ3) is 3.72. The summed E-state index contributed by atoms with van der Waals surface area (Å²) in [6.07, 6.45) is -0.138. The average Bonchev–Trinajstić information content (AvgIpc) is 1.68. The van der Waals surface area contributed by atoms with Gasteiger partial charge in [-0.1, -0.05) is 0 Å². The molecule has 0 rings (SSSR count). The molecule has 0 amide bonds. The number of hydrogen-bond acceptors (Lipinski definition) is 3. The molecular formula is C4H11NO2. The average molecular weight is 105 g/mol. The van der Waals surface area contributed by atoms with Crippen LogP contribution in [-0.4, -0.2) is 29.5 Å². The molecule has 0 bridgehead atoms. The van der Waals surface area contributed by atoms with Crippen molar-refractivity contribution in [2.75, 3.05) is 13.2 Å². The highest BCUT2D eigenvalue weighted by molar-refractivity contribution is 4.51. The maximum atomic E-state index is 8.57. The van der Waals surface area contributed by atoms with Gasteiger partial charge in [0.25, 0.3) is 0 Å². The molecule has 0 heterocycles. The van der Waals surface area contributed by atoms with Crippen LogP contribution in [0.25, 0.3) is 0 Å². The molecule has 44 valence electrons. The largest absolute Gasteiger partial charge is 0.396 e. The summed E-state index contributed by atoms with van der Waals surface area (Å²) in [5.74, 6) is 0. The van der Waals surface area contributed by atoms with E-state index >= 15 is 0 Å². The van der Waals surface area contributed by atoms with E-state index in [2.05, 4.69) is 0 Å². The lowest BCUT2D eigenvalue weighted by atomic mass is 10.3. The van der Waals surface area contributed by atoms with Gasteiger partial charge in [0.2, 0.25) is 0 Å².